The predicted octanol–water partition coefficient (Wildman–Crippen LogP) is 2.94. The fraction of sp³-hybridized carbons (Fsp3) is 1.00. The van der Waals surface area contributed by atoms with E-state index in [-0.39, 0.29) is 0 Å². The molecule has 0 atom stereocenters. The number of nitrogens with one attached hydrogen (secondary N) is 1. The normalized spacial score (nSPS) is 18.9. The molecule has 96 valence electrons. The molecular formula is C12H27NO2Si. The molecule has 16 heavy (non-hydrogen) atoms. The highest BCUT2D eigenvalue weighted by molar-refractivity contribution is 6.64. The lowest BCUT2D eigenvalue weighted by molar-refractivity contribution is 0.212. The van der Waals surface area contributed by atoms with E-state index in [0.29, 0.717) is 6.04 Å². The van der Waals surface area contributed by atoms with Gasteiger partial charge in [0.1, 0.15) is 0 Å². The Bertz CT molecular complexity index is 180. The summed E-state index contributed by atoms with van der Waals surface area (Å²) in [6, 6.07) is 1.68. The maximum Gasteiger partial charge on any atom is 0.424 e. The van der Waals surface area contributed by atoms with Crippen LogP contribution in [0.5, 0.6) is 0 Å². The van der Waals surface area contributed by atoms with E-state index in [0.717, 1.165) is 6.04 Å². The molecule has 0 heterocycles. The van der Waals surface area contributed by atoms with Crippen molar-refractivity contribution in [1.29, 1.82) is 0 Å². The van der Waals surface area contributed by atoms with Gasteiger partial charge in [-0.2, -0.15) is 0 Å². The number of rotatable bonds is 7. The van der Waals surface area contributed by atoms with Gasteiger partial charge in [0.2, 0.25) is 0 Å². The molecule has 0 radical (unpaired) electrons. The first kappa shape index (κ1) is 14.2. The van der Waals surface area contributed by atoms with Crippen LogP contribution in [0.15, 0.2) is 0 Å². The minimum atomic E-state index is -2.10. The maximum atomic E-state index is 5.70. The van der Waals surface area contributed by atoms with E-state index in [2.05, 4.69) is 11.9 Å². The summed E-state index contributed by atoms with van der Waals surface area (Å²) in [5.41, 5.74) is 0. The summed E-state index contributed by atoms with van der Waals surface area (Å²) in [7, 11) is 1.48. The van der Waals surface area contributed by atoms with Crippen LogP contribution in [0.3, 0.4) is 0 Å². The summed E-state index contributed by atoms with van der Waals surface area (Å²) < 4.78 is 11.4. The highest BCUT2D eigenvalue weighted by Crippen LogP contribution is 2.21. The lowest BCUT2D eigenvalue weighted by atomic mass is 9.96. The van der Waals surface area contributed by atoms with Crippen LogP contribution >= 0.6 is 0 Å². The van der Waals surface area contributed by atoms with Crippen molar-refractivity contribution in [3.05, 3.63) is 0 Å². The molecule has 3 nitrogen and oxygen atoms in total. The number of hydrogen-bond donors (Lipinski definition) is 1. The average Bonchev–Trinajstić information content (AvgIpc) is 2.36. The van der Waals surface area contributed by atoms with Crippen molar-refractivity contribution in [2.45, 2.75) is 64.0 Å². The minimum Gasteiger partial charge on any atom is -0.386 e. The second-order valence-electron chi connectivity index (χ2n) is 4.74. The van der Waals surface area contributed by atoms with Crippen LogP contribution in [0.25, 0.3) is 0 Å². The first-order valence-corrected chi connectivity index (χ1v) is 8.66. The summed E-state index contributed by atoms with van der Waals surface area (Å²) in [4.78, 5) is 3.70. The first-order valence-electron chi connectivity index (χ1n) is 6.64. The third kappa shape index (κ3) is 4.16. The Kier molecular flexibility index (Phi) is 6.57. The molecule has 1 aliphatic carbocycles. The zero-order valence-corrected chi connectivity index (χ0v) is 12.1. The Morgan fingerprint density at radius 1 is 1.12 bits per heavy atom. The molecule has 0 aliphatic heterocycles. The summed E-state index contributed by atoms with van der Waals surface area (Å²) in [5.74, 6) is 0. The summed E-state index contributed by atoms with van der Waals surface area (Å²) in [5, 5.41) is 0. The third-order valence-corrected chi connectivity index (χ3v) is 6.73. The molecule has 0 aromatic rings. The van der Waals surface area contributed by atoms with Crippen LogP contribution in [0, 0.1) is 0 Å². The standard InChI is InChI=1S/C12H27NO2Si/c1-4-5-11-16(14-2,15-3)13-12-9-7-6-8-10-12/h12-13H,4-11H2,1-3H3. The van der Waals surface area contributed by atoms with E-state index in [1.807, 2.05) is 0 Å². The van der Waals surface area contributed by atoms with E-state index in [9.17, 15) is 0 Å². The van der Waals surface area contributed by atoms with Gasteiger partial charge in [0.25, 0.3) is 0 Å². The number of hydrogen-bond acceptors (Lipinski definition) is 3. The van der Waals surface area contributed by atoms with Gasteiger partial charge in [-0.3, -0.25) is 4.98 Å². The summed E-state index contributed by atoms with van der Waals surface area (Å²) in [6.07, 6.45) is 9.05. The Morgan fingerprint density at radius 3 is 2.25 bits per heavy atom. The van der Waals surface area contributed by atoms with Gasteiger partial charge < -0.3 is 8.85 Å². The zero-order valence-electron chi connectivity index (χ0n) is 11.1. The Morgan fingerprint density at radius 2 is 1.75 bits per heavy atom. The predicted molar refractivity (Wildman–Crippen MR) is 69.5 cm³/mol. The van der Waals surface area contributed by atoms with Gasteiger partial charge in [-0.25, -0.2) is 0 Å². The van der Waals surface area contributed by atoms with Crippen molar-refractivity contribution in [3.8, 4) is 0 Å². The molecule has 0 spiro atoms. The van der Waals surface area contributed by atoms with Crippen LogP contribution < -0.4 is 4.98 Å². The fourth-order valence-electron chi connectivity index (χ4n) is 2.44. The van der Waals surface area contributed by atoms with E-state index in [1.54, 1.807) is 14.2 Å². The third-order valence-electron chi connectivity index (χ3n) is 3.55. The molecule has 1 fully saturated rings. The highest BCUT2D eigenvalue weighted by atomic mass is 28.4. The molecule has 0 aromatic carbocycles. The largest absolute Gasteiger partial charge is 0.424 e. The van der Waals surface area contributed by atoms with E-state index >= 15 is 0 Å². The molecule has 0 unspecified atom stereocenters. The van der Waals surface area contributed by atoms with E-state index in [1.165, 1.54) is 44.9 Å². The average molecular weight is 245 g/mol. The van der Waals surface area contributed by atoms with Gasteiger partial charge in [-0.15, -0.1) is 0 Å². The monoisotopic (exact) mass is 245 g/mol. The molecule has 0 amide bonds. The van der Waals surface area contributed by atoms with Crippen LogP contribution in [-0.4, -0.2) is 29.0 Å². The van der Waals surface area contributed by atoms with Crippen molar-refractivity contribution in [2.24, 2.45) is 0 Å². The van der Waals surface area contributed by atoms with Gasteiger partial charge in [-0.05, 0) is 12.8 Å². The molecule has 0 saturated heterocycles. The van der Waals surface area contributed by atoms with Crippen molar-refractivity contribution in [2.75, 3.05) is 14.2 Å². The SMILES string of the molecule is CCCC[Si](NC1CCCCC1)(OC)OC. The van der Waals surface area contributed by atoms with Gasteiger partial charge in [0.05, 0.1) is 0 Å². The van der Waals surface area contributed by atoms with E-state index < -0.39 is 8.72 Å². The number of unbranched alkanes of at least 4 members (excludes halogenated alkanes) is 1. The van der Waals surface area contributed by atoms with Crippen molar-refractivity contribution >= 4 is 8.72 Å². The van der Waals surface area contributed by atoms with Crippen molar-refractivity contribution in [1.82, 2.24) is 4.98 Å². The lowest BCUT2D eigenvalue weighted by Gasteiger charge is -2.34. The molecule has 0 bridgehead atoms. The lowest BCUT2D eigenvalue weighted by Crippen LogP contribution is -2.59. The van der Waals surface area contributed by atoms with Gasteiger partial charge in [0, 0.05) is 26.3 Å². The molecular weight excluding hydrogens is 218 g/mol. The Balaban J connectivity index is 2.46. The zero-order chi connectivity index (χ0) is 11.9. The molecule has 1 rings (SSSR count). The maximum absolute atomic E-state index is 5.70. The molecule has 1 N–H and O–H groups in total. The summed E-state index contributed by atoms with van der Waals surface area (Å²) >= 11 is 0. The topological polar surface area (TPSA) is 30.5 Å². The van der Waals surface area contributed by atoms with Gasteiger partial charge >= 0.3 is 8.72 Å². The van der Waals surface area contributed by atoms with Crippen LogP contribution in [0.2, 0.25) is 6.04 Å². The first-order chi connectivity index (χ1) is 7.76. The van der Waals surface area contributed by atoms with Crippen LogP contribution in [-0.2, 0) is 8.85 Å². The Hall–Kier alpha value is 0.0969. The van der Waals surface area contributed by atoms with E-state index in [4.69, 9.17) is 8.85 Å². The van der Waals surface area contributed by atoms with Gasteiger partial charge in [0.15, 0.2) is 0 Å². The Labute approximate surface area is 101 Å². The van der Waals surface area contributed by atoms with Crippen LogP contribution in [0.4, 0.5) is 0 Å². The van der Waals surface area contributed by atoms with Crippen molar-refractivity contribution < 1.29 is 8.85 Å². The molecule has 4 heteroatoms. The summed E-state index contributed by atoms with van der Waals surface area (Å²) in [6.45, 7) is 2.21. The quantitative estimate of drug-likeness (QED) is 0.700. The van der Waals surface area contributed by atoms with Crippen molar-refractivity contribution in [3.63, 3.8) is 0 Å². The van der Waals surface area contributed by atoms with Crippen LogP contribution in [0.1, 0.15) is 51.9 Å². The van der Waals surface area contributed by atoms with Gasteiger partial charge in [-0.1, -0.05) is 39.0 Å². The second-order valence-corrected chi connectivity index (χ2v) is 7.85. The molecule has 1 saturated carbocycles. The smallest absolute Gasteiger partial charge is 0.386 e. The fourth-order valence-corrected chi connectivity index (χ4v) is 5.13. The molecule has 1 aliphatic rings. The second kappa shape index (κ2) is 7.43. The highest BCUT2D eigenvalue weighted by Gasteiger charge is 2.37. The minimum absolute atomic E-state index is 0.622. The molecule has 0 aromatic heterocycles.